The van der Waals surface area contributed by atoms with Crippen LogP contribution in [0.25, 0.3) is 10.9 Å². The molecule has 0 amide bonds. The lowest BCUT2D eigenvalue weighted by Gasteiger charge is -2.08. The lowest BCUT2D eigenvalue weighted by atomic mass is 9.96. The van der Waals surface area contributed by atoms with E-state index in [0.717, 1.165) is 0 Å². The molecule has 0 aliphatic rings. The van der Waals surface area contributed by atoms with Gasteiger partial charge in [-0.3, -0.25) is 4.79 Å². The van der Waals surface area contributed by atoms with Crippen LogP contribution < -0.4 is 0 Å². The Labute approximate surface area is 91.9 Å². The molecule has 1 heterocycles. The van der Waals surface area contributed by atoms with Crippen LogP contribution in [0.5, 0.6) is 0 Å². The number of aromatic nitrogens is 1. The normalized spacial score (nSPS) is 12.9. The van der Waals surface area contributed by atoms with Gasteiger partial charge in [-0.15, -0.1) is 0 Å². The Morgan fingerprint density at radius 1 is 1.56 bits per heavy atom. The number of H-pyrrole nitrogens is 1. The van der Waals surface area contributed by atoms with Crippen LogP contribution in [0, 0.1) is 5.82 Å². The summed E-state index contributed by atoms with van der Waals surface area (Å²) in [6, 6.07) is 4.67. The molecule has 4 heteroatoms. The number of aromatic amines is 1. The molecule has 3 nitrogen and oxygen atoms in total. The van der Waals surface area contributed by atoms with Crippen molar-refractivity contribution in [2.45, 2.75) is 19.3 Å². The number of carboxylic acid groups (broad SMARTS) is 1. The van der Waals surface area contributed by atoms with Crippen LogP contribution in [-0.2, 0) is 4.79 Å². The Morgan fingerprint density at radius 2 is 2.31 bits per heavy atom. The number of hydrogen-bond acceptors (Lipinski definition) is 1. The topological polar surface area (TPSA) is 53.1 Å². The number of carboxylic acids is 1. The largest absolute Gasteiger partial charge is 0.481 e. The SMILES string of the molecule is CCC(C(=O)O)c1c[nH]c2cccc(F)c12. The van der Waals surface area contributed by atoms with Gasteiger partial charge in [-0.1, -0.05) is 13.0 Å². The quantitative estimate of drug-likeness (QED) is 0.837. The molecule has 84 valence electrons. The first kappa shape index (κ1) is 10.7. The maximum atomic E-state index is 13.6. The zero-order valence-electron chi connectivity index (χ0n) is 8.83. The smallest absolute Gasteiger partial charge is 0.311 e. The third kappa shape index (κ3) is 1.56. The van der Waals surface area contributed by atoms with Crippen molar-refractivity contribution in [3.63, 3.8) is 0 Å². The first-order valence-corrected chi connectivity index (χ1v) is 5.13. The summed E-state index contributed by atoms with van der Waals surface area (Å²) in [6.45, 7) is 1.78. The number of rotatable bonds is 3. The van der Waals surface area contributed by atoms with Gasteiger partial charge >= 0.3 is 5.97 Å². The molecule has 0 aliphatic carbocycles. The molecule has 0 fully saturated rings. The highest BCUT2D eigenvalue weighted by Crippen LogP contribution is 2.29. The second kappa shape index (κ2) is 3.96. The lowest BCUT2D eigenvalue weighted by Crippen LogP contribution is -2.10. The van der Waals surface area contributed by atoms with Crippen LogP contribution >= 0.6 is 0 Å². The Morgan fingerprint density at radius 3 is 2.94 bits per heavy atom. The van der Waals surface area contributed by atoms with Crippen molar-refractivity contribution >= 4 is 16.9 Å². The highest BCUT2D eigenvalue weighted by Gasteiger charge is 2.22. The zero-order valence-corrected chi connectivity index (χ0v) is 8.83. The van der Waals surface area contributed by atoms with E-state index in [1.807, 2.05) is 0 Å². The number of aliphatic carboxylic acids is 1. The number of nitrogens with one attached hydrogen (secondary N) is 1. The van der Waals surface area contributed by atoms with E-state index in [9.17, 15) is 9.18 Å². The molecule has 2 aromatic rings. The van der Waals surface area contributed by atoms with E-state index in [4.69, 9.17) is 5.11 Å². The minimum atomic E-state index is -0.924. The molecule has 1 unspecified atom stereocenters. The molecular formula is C12H12FNO2. The van der Waals surface area contributed by atoms with Gasteiger partial charge in [0.2, 0.25) is 0 Å². The summed E-state index contributed by atoms with van der Waals surface area (Å²) in [4.78, 5) is 13.9. The van der Waals surface area contributed by atoms with E-state index in [-0.39, 0.29) is 5.82 Å². The fraction of sp³-hybridized carbons (Fsp3) is 0.250. The maximum Gasteiger partial charge on any atom is 0.311 e. The number of halogens is 1. The maximum absolute atomic E-state index is 13.6. The molecular weight excluding hydrogens is 209 g/mol. The third-order valence-corrected chi connectivity index (χ3v) is 2.77. The highest BCUT2D eigenvalue weighted by atomic mass is 19.1. The average molecular weight is 221 g/mol. The summed E-state index contributed by atoms with van der Waals surface area (Å²) < 4.78 is 13.6. The summed E-state index contributed by atoms with van der Waals surface area (Å²) in [5.41, 5.74) is 1.15. The van der Waals surface area contributed by atoms with Crippen molar-refractivity contribution in [3.8, 4) is 0 Å². The minimum Gasteiger partial charge on any atom is -0.481 e. The van der Waals surface area contributed by atoms with Gasteiger partial charge in [-0.25, -0.2) is 4.39 Å². The summed E-state index contributed by atoms with van der Waals surface area (Å²) in [5, 5.41) is 9.44. The molecule has 2 N–H and O–H groups in total. The van der Waals surface area contributed by atoms with E-state index in [0.29, 0.717) is 22.9 Å². The summed E-state index contributed by atoms with van der Waals surface area (Å²) in [7, 11) is 0. The summed E-state index contributed by atoms with van der Waals surface area (Å²) in [6.07, 6.45) is 2.02. The van der Waals surface area contributed by atoms with Gasteiger partial charge in [0, 0.05) is 17.1 Å². The molecule has 0 saturated carbocycles. The fourth-order valence-electron chi connectivity index (χ4n) is 1.97. The monoisotopic (exact) mass is 221 g/mol. The molecule has 1 atom stereocenters. The summed E-state index contributed by atoms with van der Waals surface area (Å²) >= 11 is 0. The van der Waals surface area contributed by atoms with Gasteiger partial charge in [-0.2, -0.15) is 0 Å². The van der Waals surface area contributed by atoms with Crippen LogP contribution in [0.2, 0.25) is 0 Å². The molecule has 2 rings (SSSR count). The Balaban J connectivity index is 2.65. The highest BCUT2D eigenvalue weighted by molar-refractivity contribution is 5.89. The van der Waals surface area contributed by atoms with Crippen molar-refractivity contribution in [2.24, 2.45) is 0 Å². The van der Waals surface area contributed by atoms with Crippen LogP contribution in [0.1, 0.15) is 24.8 Å². The number of fused-ring (bicyclic) bond motifs is 1. The van der Waals surface area contributed by atoms with Crippen molar-refractivity contribution in [1.82, 2.24) is 4.98 Å². The van der Waals surface area contributed by atoms with E-state index in [2.05, 4.69) is 4.98 Å². The van der Waals surface area contributed by atoms with Crippen LogP contribution in [0.3, 0.4) is 0 Å². The first-order chi connectivity index (χ1) is 7.65. The number of benzene rings is 1. The van der Waals surface area contributed by atoms with E-state index in [1.165, 1.54) is 6.07 Å². The van der Waals surface area contributed by atoms with Crippen LogP contribution in [-0.4, -0.2) is 16.1 Å². The molecule has 16 heavy (non-hydrogen) atoms. The first-order valence-electron chi connectivity index (χ1n) is 5.13. The Hall–Kier alpha value is -1.84. The number of hydrogen-bond donors (Lipinski definition) is 2. The fourth-order valence-corrected chi connectivity index (χ4v) is 1.97. The molecule has 1 aromatic heterocycles. The van der Waals surface area contributed by atoms with Gasteiger partial charge in [0.1, 0.15) is 5.82 Å². The third-order valence-electron chi connectivity index (χ3n) is 2.77. The molecule has 0 radical (unpaired) electrons. The molecule has 0 spiro atoms. The van der Waals surface area contributed by atoms with E-state index >= 15 is 0 Å². The van der Waals surface area contributed by atoms with Gasteiger partial charge in [0.25, 0.3) is 0 Å². The zero-order chi connectivity index (χ0) is 11.7. The second-order valence-corrected chi connectivity index (χ2v) is 3.71. The van der Waals surface area contributed by atoms with Crippen molar-refractivity contribution in [1.29, 1.82) is 0 Å². The predicted octanol–water partition coefficient (Wildman–Crippen LogP) is 2.89. The summed E-state index contributed by atoms with van der Waals surface area (Å²) in [5.74, 6) is -1.97. The lowest BCUT2D eigenvalue weighted by molar-refractivity contribution is -0.138. The van der Waals surface area contributed by atoms with Gasteiger partial charge in [0.05, 0.1) is 5.92 Å². The molecule has 0 aliphatic heterocycles. The molecule has 0 saturated heterocycles. The van der Waals surface area contributed by atoms with Gasteiger partial charge < -0.3 is 10.1 Å². The van der Waals surface area contributed by atoms with Crippen molar-refractivity contribution in [3.05, 3.63) is 35.8 Å². The molecule has 0 bridgehead atoms. The van der Waals surface area contributed by atoms with E-state index < -0.39 is 11.9 Å². The van der Waals surface area contributed by atoms with Crippen LogP contribution in [0.4, 0.5) is 4.39 Å². The van der Waals surface area contributed by atoms with Gasteiger partial charge in [0.15, 0.2) is 0 Å². The van der Waals surface area contributed by atoms with E-state index in [1.54, 1.807) is 25.3 Å². The van der Waals surface area contributed by atoms with Gasteiger partial charge in [-0.05, 0) is 24.1 Å². The molecule has 1 aromatic carbocycles. The van der Waals surface area contributed by atoms with Crippen LogP contribution in [0.15, 0.2) is 24.4 Å². The number of carbonyl (C=O) groups is 1. The van der Waals surface area contributed by atoms with Crippen molar-refractivity contribution < 1.29 is 14.3 Å². The van der Waals surface area contributed by atoms with Crippen molar-refractivity contribution in [2.75, 3.05) is 0 Å². The Bertz CT molecular complexity index is 533. The Kier molecular flexibility index (Phi) is 2.64. The second-order valence-electron chi connectivity index (χ2n) is 3.71. The average Bonchev–Trinajstić information content (AvgIpc) is 2.64. The minimum absolute atomic E-state index is 0.381. The standard InChI is InChI=1S/C12H12FNO2/c1-2-7(12(15)16)8-6-14-10-5-3-4-9(13)11(8)10/h3-7,14H,2H2,1H3,(H,15,16). The predicted molar refractivity (Wildman–Crippen MR) is 58.9 cm³/mol.